The van der Waals surface area contributed by atoms with Crippen LogP contribution in [0.15, 0.2) is 73.1 Å². The van der Waals surface area contributed by atoms with Gasteiger partial charge in [0.1, 0.15) is 0 Å². The summed E-state index contributed by atoms with van der Waals surface area (Å²) in [6.45, 7) is 0. The van der Waals surface area contributed by atoms with Crippen molar-refractivity contribution in [3.05, 3.63) is 84.2 Å². The summed E-state index contributed by atoms with van der Waals surface area (Å²) in [6, 6.07) is 18.0. The molecule has 2 heterocycles. The van der Waals surface area contributed by atoms with E-state index in [9.17, 15) is 14.7 Å². The van der Waals surface area contributed by atoms with Crippen LogP contribution >= 0.6 is 0 Å². The fourth-order valence-electron chi connectivity index (χ4n) is 3.45. The molecule has 4 rings (SSSR count). The topological polar surface area (TPSA) is 62.5 Å². The Kier molecular flexibility index (Phi) is 3.74. The zero-order chi connectivity index (χ0) is 18.3. The minimum Gasteiger partial charge on any atom is -0.375 e. The van der Waals surface area contributed by atoms with Crippen LogP contribution in [0.1, 0.15) is 22.3 Å². The lowest BCUT2D eigenvalue weighted by Gasteiger charge is -2.21. The maximum Gasteiger partial charge on any atom is 0.263 e. The van der Waals surface area contributed by atoms with Crippen LogP contribution in [0.2, 0.25) is 0 Å². The highest BCUT2D eigenvalue weighted by atomic mass is 16.3. The lowest BCUT2D eigenvalue weighted by Crippen LogP contribution is -2.40. The highest BCUT2D eigenvalue weighted by Gasteiger charge is 2.49. The Morgan fingerprint density at radius 1 is 1.00 bits per heavy atom. The highest BCUT2D eigenvalue weighted by molar-refractivity contribution is 6.10. The van der Waals surface area contributed by atoms with Crippen LogP contribution in [0.3, 0.4) is 0 Å². The van der Waals surface area contributed by atoms with Crippen LogP contribution in [0.4, 0.5) is 5.69 Å². The van der Waals surface area contributed by atoms with Gasteiger partial charge in [-0.25, -0.2) is 0 Å². The summed E-state index contributed by atoms with van der Waals surface area (Å²) in [6.07, 6.45) is 3.56. The summed E-state index contributed by atoms with van der Waals surface area (Å²) in [5.74, 6) is -0.749. The average Bonchev–Trinajstić information content (AvgIpc) is 3.26. The third-order valence-corrected chi connectivity index (χ3v) is 4.88. The Hall–Kier alpha value is -3.18. The normalized spacial score (nSPS) is 18.8. The minimum absolute atomic E-state index is 0.273. The van der Waals surface area contributed by atoms with Crippen LogP contribution < -0.4 is 4.90 Å². The van der Waals surface area contributed by atoms with E-state index in [-0.39, 0.29) is 12.2 Å². The number of aromatic nitrogens is 1. The number of likely N-dealkylation sites (N-methyl/N-ethyl adjacent to an activating group) is 1. The second kappa shape index (κ2) is 5.97. The first-order valence-electron chi connectivity index (χ1n) is 8.37. The number of Topliss-reactive ketones (excluding diaryl/α,β-unsaturated/α-hetero) is 1. The Morgan fingerprint density at radius 3 is 2.35 bits per heavy atom. The lowest BCUT2D eigenvalue weighted by atomic mass is 9.88. The van der Waals surface area contributed by atoms with Crippen molar-refractivity contribution in [2.24, 2.45) is 0 Å². The lowest BCUT2D eigenvalue weighted by molar-refractivity contribution is -0.135. The molecule has 2 aromatic carbocycles. The molecule has 0 unspecified atom stereocenters. The smallest absolute Gasteiger partial charge is 0.263 e. The molecular formula is C21H18N2O3. The van der Waals surface area contributed by atoms with Gasteiger partial charge in [-0.3, -0.25) is 9.59 Å². The molecule has 0 aliphatic carbocycles. The van der Waals surface area contributed by atoms with E-state index in [4.69, 9.17) is 0 Å². The molecule has 130 valence electrons. The predicted molar refractivity (Wildman–Crippen MR) is 98.5 cm³/mol. The van der Waals surface area contributed by atoms with Gasteiger partial charge in [-0.1, -0.05) is 18.2 Å². The van der Waals surface area contributed by atoms with E-state index in [1.54, 1.807) is 43.4 Å². The van der Waals surface area contributed by atoms with Gasteiger partial charge in [-0.2, -0.15) is 0 Å². The van der Waals surface area contributed by atoms with Gasteiger partial charge in [0, 0.05) is 36.3 Å². The third-order valence-electron chi connectivity index (χ3n) is 4.88. The Balaban J connectivity index is 1.61. The molecule has 5 nitrogen and oxygen atoms in total. The number of amides is 1. The van der Waals surface area contributed by atoms with Gasteiger partial charge >= 0.3 is 0 Å². The molecule has 1 N–H and O–H groups in total. The number of para-hydroxylation sites is 1. The summed E-state index contributed by atoms with van der Waals surface area (Å²) in [7, 11) is 1.61. The van der Waals surface area contributed by atoms with Gasteiger partial charge in [-0.05, 0) is 42.5 Å². The van der Waals surface area contributed by atoms with Crippen molar-refractivity contribution in [3.63, 3.8) is 0 Å². The average molecular weight is 346 g/mol. The number of nitrogens with zero attached hydrogens (tertiary/aromatic N) is 2. The number of hydrogen-bond donors (Lipinski definition) is 1. The van der Waals surface area contributed by atoms with Gasteiger partial charge < -0.3 is 14.6 Å². The molecule has 0 bridgehead atoms. The van der Waals surface area contributed by atoms with E-state index in [0.29, 0.717) is 16.8 Å². The Bertz CT molecular complexity index is 977. The number of anilines is 1. The van der Waals surface area contributed by atoms with E-state index >= 15 is 0 Å². The van der Waals surface area contributed by atoms with Gasteiger partial charge in [0.2, 0.25) is 0 Å². The fraction of sp³-hybridized carbons (Fsp3) is 0.143. The molecule has 0 radical (unpaired) electrons. The summed E-state index contributed by atoms with van der Waals surface area (Å²) in [5.41, 5.74) is 0.698. The molecule has 1 atom stereocenters. The quantitative estimate of drug-likeness (QED) is 0.739. The maximum absolute atomic E-state index is 12.7. The van der Waals surface area contributed by atoms with Crippen molar-refractivity contribution in [1.82, 2.24) is 4.57 Å². The van der Waals surface area contributed by atoms with Gasteiger partial charge in [0.05, 0.1) is 12.1 Å². The zero-order valence-electron chi connectivity index (χ0n) is 14.3. The molecule has 26 heavy (non-hydrogen) atoms. The van der Waals surface area contributed by atoms with Gasteiger partial charge in [0.15, 0.2) is 11.4 Å². The first kappa shape index (κ1) is 16.3. The predicted octanol–water partition coefficient (Wildman–Crippen LogP) is 2.91. The molecule has 3 aromatic rings. The zero-order valence-corrected chi connectivity index (χ0v) is 14.3. The summed E-state index contributed by atoms with van der Waals surface area (Å²) >= 11 is 0. The number of rotatable bonds is 4. The number of carbonyl (C=O) groups is 2. The number of aliphatic hydroxyl groups is 1. The number of ketones is 1. The van der Waals surface area contributed by atoms with E-state index in [1.807, 2.05) is 41.2 Å². The van der Waals surface area contributed by atoms with Crippen molar-refractivity contribution in [2.45, 2.75) is 12.0 Å². The molecule has 0 saturated carbocycles. The van der Waals surface area contributed by atoms with Crippen molar-refractivity contribution >= 4 is 17.4 Å². The summed E-state index contributed by atoms with van der Waals surface area (Å²) in [4.78, 5) is 26.7. The standard InChI is InChI=1S/C21H18N2O3/c1-22-18-7-3-2-6-17(18)21(26,20(22)25)14-19(24)15-8-10-16(11-9-15)23-12-4-5-13-23/h2-13,26H,14H2,1H3/t21-/m0/s1. The second-order valence-electron chi connectivity index (χ2n) is 6.48. The molecule has 1 aliphatic rings. The first-order chi connectivity index (χ1) is 12.5. The molecule has 1 amide bonds. The molecular weight excluding hydrogens is 328 g/mol. The molecule has 0 saturated heterocycles. The van der Waals surface area contributed by atoms with Crippen LogP contribution in [0, 0.1) is 0 Å². The van der Waals surface area contributed by atoms with Gasteiger partial charge in [-0.15, -0.1) is 0 Å². The second-order valence-corrected chi connectivity index (χ2v) is 6.48. The van der Waals surface area contributed by atoms with Crippen molar-refractivity contribution < 1.29 is 14.7 Å². The van der Waals surface area contributed by atoms with E-state index in [1.165, 1.54) is 4.90 Å². The monoisotopic (exact) mass is 346 g/mol. The number of hydrogen-bond acceptors (Lipinski definition) is 3. The Labute approximate surface area is 151 Å². The van der Waals surface area contributed by atoms with Crippen LogP contribution in [-0.2, 0) is 10.4 Å². The van der Waals surface area contributed by atoms with Crippen molar-refractivity contribution in [1.29, 1.82) is 0 Å². The summed E-state index contributed by atoms with van der Waals surface area (Å²) < 4.78 is 1.94. The third kappa shape index (κ3) is 2.45. The van der Waals surface area contributed by atoms with Crippen molar-refractivity contribution in [3.8, 4) is 5.69 Å². The Morgan fingerprint density at radius 2 is 1.65 bits per heavy atom. The molecule has 0 fully saturated rings. The van der Waals surface area contributed by atoms with Crippen LogP contribution in [0.5, 0.6) is 0 Å². The van der Waals surface area contributed by atoms with E-state index in [2.05, 4.69) is 0 Å². The van der Waals surface area contributed by atoms with E-state index in [0.717, 1.165) is 5.69 Å². The van der Waals surface area contributed by atoms with Crippen LogP contribution in [0.25, 0.3) is 5.69 Å². The van der Waals surface area contributed by atoms with Gasteiger partial charge in [0.25, 0.3) is 5.91 Å². The largest absolute Gasteiger partial charge is 0.375 e. The molecule has 0 spiro atoms. The van der Waals surface area contributed by atoms with E-state index < -0.39 is 11.5 Å². The number of benzene rings is 2. The number of fused-ring (bicyclic) bond motifs is 1. The van der Waals surface area contributed by atoms with Crippen LogP contribution in [-0.4, -0.2) is 28.4 Å². The maximum atomic E-state index is 12.7. The summed E-state index contributed by atoms with van der Waals surface area (Å²) in [5, 5.41) is 11.0. The fourth-order valence-corrected chi connectivity index (χ4v) is 3.45. The van der Waals surface area contributed by atoms with Crippen molar-refractivity contribution in [2.75, 3.05) is 11.9 Å². The molecule has 1 aromatic heterocycles. The molecule has 5 heteroatoms. The highest BCUT2D eigenvalue weighted by Crippen LogP contribution is 2.41. The molecule has 1 aliphatic heterocycles. The SMILES string of the molecule is CN1C(=O)[C@](O)(CC(=O)c2ccc(-n3cccc3)cc2)c2ccccc21. The first-order valence-corrected chi connectivity index (χ1v) is 8.37. The number of carbonyl (C=O) groups excluding carboxylic acids is 2. The minimum atomic E-state index is -1.82.